The standard InChI is InChI=1S/C28H25Cl2FN4O6S/c29-19-2-1-3-20(30)23(19)24-18(26(41-33-24)13-4-5-13)12-40-22-10-14-8-17(22)28(37)35(14)15-9-21(31)25(32-11-15)27(36)34-42(38,39)16-6-7-16/h1-3,9,11,13-14,16-17,22H,4-8,10,12H2,(H,34,36)/t14-,17+,22+/m0/s1. The number of fused-ring (bicyclic) bond motifs is 2. The lowest BCUT2D eigenvalue weighted by Crippen LogP contribution is -2.43. The molecule has 0 radical (unpaired) electrons. The van der Waals surface area contributed by atoms with E-state index in [-0.39, 0.29) is 36.3 Å². The fourth-order valence-corrected chi connectivity index (χ4v) is 7.78. The zero-order chi connectivity index (χ0) is 29.3. The van der Waals surface area contributed by atoms with E-state index in [2.05, 4.69) is 10.1 Å². The van der Waals surface area contributed by atoms with Crippen molar-refractivity contribution in [3.05, 3.63) is 63.3 Å². The Labute approximate surface area is 250 Å². The van der Waals surface area contributed by atoms with Crippen molar-refractivity contribution in [1.29, 1.82) is 0 Å². The van der Waals surface area contributed by atoms with Gasteiger partial charge in [-0.05, 0) is 50.7 Å². The van der Waals surface area contributed by atoms with Gasteiger partial charge in [0.25, 0.3) is 5.91 Å². The third-order valence-corrected chi connectivity index (χ3v) is 10.8. The van der Waals surface area contributed by atoms with E-state index in [9.17, 15) is 22.4 Å². The number of rotatable bonds is 9. The molecule has 1 saturated heterocycles. The van der Waals surface area contributed by atoms with Crippen LogP contribution in [0, 0.1) is 11.7 Å². The number of nitrogens with zero attached hydrogens (tertiary/aromatic N) is 3. The summed E-state index contributed by atoms with van der Waals surface area (Å²) in [5.41, 5.74) is 1.43. The summed E-state index contributed by atoms with van der Waals surface area (Å²) in [5.74, 6) is -1.82. The lowest BCUT2D eigenvalue weighted by molar-refractivity contribution is -0.126. The van der Waals surface area contributed by atoms with Crippen molar-refractivity contribution >= 4 is 50.7 Å². The summed E-state index contributed by atoms with van der Waals surface area (Å²) >= 11 is 12.9. The van der Waals surface area contributed by atoms with Crippen LogP contribution >= 0.6 is 23.2 Å². The Kier molecular flexibility index (Phi) is 6.80. The molecule has 1 N–H and O–H groups in total. The number of carbonyl (C=O) groups is 2. The summed E-state index contributed by atoms with van der Waals surface area (Å²) in [6, 6.07) is 6.01. The zero-order valence-corrected chi connectivity index (χ0v) is 24.4. The van der Waals surface area contributed by atoms with E-state index in [1.165, 1.54) is 11.1 Å². The van der Waals surface area contributed by atoms with Gasteiger partial charge in [0.1, 0.15) is 11.5 Å². The van der Waals surface area contributed by atoms with Gasteiger partial charge >= 0.3 is 0 Å². The lowest BCUT2D eigenvalue weighted by Gasteiger charge is -2.31. The van der Waals surface area contributed by atoms with Crippen LogP contribution in [0.5, 0.6) is 0 Å². The number of ether oxygens (including phenoxy) is 1. The number of hydrogen-bond acceptors (Lipinski definition) is 8. The van der Waals surface area contributed by atoms with Crippen LogP contribution in [0.25, 0.3) is 11.3 Å². The lowest BCUT2D eigenvalue weighted by atomic mass is 10.0. The van der Waals surface area contributed by atoms with Crippen molar-refractivity contribution in [2.24, 2.45) is 5.92 Å². The quantitative estimate of drug-likeness (QED) is 0.348. The number of anilines is 1. The Hall–Kier alpha value is -3.06. The molecule has 4 aliphatic rings. The zero-order valence-electron chi connectivity index (χ0n) is 22.1. The maximum atomic E-state index is 14.9. The van der Waals surface area contributed by atoms with Gasteiger partial charge in [0.2, 0.25) is 15.9 Å². The molecule has 220 valence electrons. The fraction of sp³-hybridized carbons (Fsp3) is 0.429. The maximum absolute atomic E-state index is 14.9. The Bertz CT molecular complexity index is 1700. The molecule has 3 heterocycles. The summed E-state index contributed by atoms with van der Waals surface area (Å²) in [6.07, 6.45) is 4.78. The summed E-state index contributed by atoms with van der Waals surface area (Å²) in [7, 11) is -3.86. The number of benzene rings is 1. The predicted octanol–water partition coefficient (Wildman–Crippen LogP) is 4.99. The van der Waals surface area contributed by atoms with Crippen molar-refractivity contribution in [2.75, 3.05) is 4.90 Å². The van der Waals surface area contributed by atoms with Crippen LogP contribution in [0.4, 0.5) is 10.1 Å². The van der Waals surface area contributed by atoms with E-state index >= 15 is 0 Å². The minimum absolute atomic E-state index is 0.164. The normalized spacial score (nSPS) is 23.5. The van der Waals surface area contributed by atoms with Crippen LogP contribution < -0.4 is 9.62 Å². The molecule has 1 aliphatic heterocycles. The van der Waals surface area contributed by atoms with Gasteiger partial charge in [-0.3, -0.25) is 9.59 Å². The fourth-order valence-electron chi connectivity index (χ4n) is 5.93. The van der Waals surface area contributed by atoms with Gasteiger partial charge in [0.15, 0.2) is 11.5 Å². The minimum atomic E-state index is -3.86. The largest absolute Gasteiger partial charge is 0.372 e. The number of nitrogens with one attached hydrogen (secondary N) is 1. The average molecular weight is 636 g/mol. The number of halogens is 3. The molecular formula is C28H25Cl2FN4O6S. The van der Waals surface area contributed by atoms with Crippen LogP contribution in [-0.2, 0) is 26.2 Å². The summed E-state index contributed by atoms with van der Waals surface area (Å²) in [4.78, 5) is 31.1. The van der Waals surface area contributed by atoms with Crippen LogP contribution in [-0.4, -0.2) is 47.8 Å². The molecule has 3 saturated carbocycles. The van der Waals surface area contributed by atoms with Gasteiger partial charge in [0, 0.05) is 29.2 Å². The van der Waals surface area contributed by atoms with Crippen LogP contribution in [0.3, 0.4) is 0 Å². The van der Waals surface area contributed by atoms with Crippen molar-refractivity contribution in [1.82, 2.24) is 14.9 Å². The highest BCUT2D eigenvalue weighted by Gasteiger charge is 2.52. The first-order valence-corrected chi connectivity index (χ1v) is 16.0. The van der Waals surface area contributed by atoms with Gasteiger partial charge < -0.3 is 14.2 Å². The first-order chi connectivity index (χ1) is 20.1. The number of pyridine rings is 1. The summed E-state index contributed by atoms with van der Waals surface area (Å²) in [5, 5.41) is 4.53. The van der Waals surface area contributed by atoms with E-state index in [0.717, 1.165) is 30.2 Å². The maximum Gasteiger partial charge on any atom is 0.286 e. The van der Waals surface area contributed by atoms with Gasteiger partial charge in [-0.15, -0.1) is 0 Å². The van der Waals surface area contributed by atoms with Crippen molar-refractivity contribution in [2.45, 2.75) is 68.4 Å². The second kappa shape index (κ2) is 10.3. The molecule has 2 bridgehead atoms. The van der Waals surface area contributed by atoms with E-state index in [1.807, 2.05) is 4.72 Å². The smallest absolute Gasteiger partial charge is 0.286 e. The van der Waals surface area contributed by atoms with E-state index < -0.39 is 38.6 Å². The molecule has 3 aliphatic carbocycles. The van der Waals surface area contributed by atoms with Crippen LogP contribution in [0.2, 0.25) is 10.0 Å². The van der Waals surface area contributed by atoms with Gasteiger partial charge in [-0.2, -0.15) is 0 Å². The summed E-state index contributed by atoms with van der Waals surface area (Å²) < 4.78 is 52.9. The summed E-state index contributed by atoms with van der Waals surface area (Å²) in [6.45, 7) is 0.164. The van der Waals surface area contributed by atoms with E-state index in [1.54, 1.807) is 18.2 Å². The number of aromatic nitrogens is 2. The Morgan fingerprint density at radius 2 is 1.90 bits per heavy atom. The Balaban J connectivity index is 1.06. The SMILES string of the molecule is O=C(NS(=O)(=O)C1CC1)c1ncc(N2C(=O)[C@@H]3C[C@H]2C[C@H]3OCc2c(-c3c(Cl)cccc3Cl)noc2C2CC2)cc1F. The second-order valence-electron chi connectivity index (χ2n) is 11.2. The predicted molar refractivity (Wildman–Crippen MR) is 150 cm³/mol. The molecule has 42 heavy (non-hydrogen) atoms. The number of sulfonamides is 1. The highest BCUT2D eigenvalue weighted by molar-refractivity contribution is 7.91. The Morgan fingerprint density at radius 3 is 2.55 bits per heavy atom. The molecule has 10 nitrogen and oxygen atoms in total. The minimum Gasteiger partial charge on any atom is -0.372 e. The first-order valence-electron chi connectivity index (χ1n) is 13.7. The molecular weight excluding hydrogens is 610 g/mol. The van der Waals surface area contributed by atoms with Gasteiger partial charge in [-0.25, -0.2) is 22.5 Å². The number of amides is 2. The molecule has 2 aromatic heterocycles. The second-order valence-corrected chi connectivity index (χ2v) is 14.0. The van der Waals surface area contributed by atoms with Crippen LogP contribution in [0.1, 0.15) is 66.3 Å². The number of piperidine rings is 1. The molecule has 7 rings (SSSR count). The van der Waals surface area contributed by atoms with Crippen molar-refractivity contribution < 1.29 is 31.7 Å². The average Bonchev–Trinajstić information content (AvgIpc) is 3.86. The highest BCUT2D eigenvalue weighted by atomic mass is 35.5. The van der Waals surface area contributed by atoms with Gasteiger partial charge in [-0.1, -0.05) is 34.4 Å². The Morgan fingerprint density at radius 1 is 1.17 bits per heavy atom. The molecule has 0 unspecified atom stereocenters. The molecule has 14 heteroatoms. The molecule has 3 atom stereocenters. The molecule has 0 spiro atoms. The monoisotopic (exact) mass is 634 g/mol. The number of carbonyl (C=O) groups excluding carboxylic acids is 2. The third-order valence-electron chi connectivity index (χ3n) is 8.33. The molecule has 2 amide bonds. The number of hydrogen-bond donors (Lipinski definition) is 1. The molecule has 4 fully saturated rings. The van der Waals surface area contributed by atoms with E-state index in [0.29, 0.717) is 47.0 Å². The van der Waals surface area contributed by atoms with Gasteiger partial charge in [0.05, 0.1) is 45.8 Å². The van der Waals surface area contributed by atoms with Crippen molar-refractivity contribution in [3.63, 3.8) is 0 Å². The highest BCUT2D eigenvalue weighted by Crippen LogP contribution is 2.47. The topological polar surface area (TPSA) is 132 Å². The molecule has 1 aromatic carbocycles. The van der Waals surface area contributed by atoms with Crippen LogP contribution in [0.15, 0.2) is 35.0 Å². The molecule has 3 aromatic rings. The third kappa shape index (κ3) is 4.87. The van der Waals surface area contributed by atoms with E-state index in [4.69, 9.17) is 32.5 Å². The van der Waals surface area contributed by atoms with Crippen molar-refractivity contribution in [3.8, 4) is 11.3 Å². The first kappa shape index (κ1) is 27.8.